The summed E-state index contributed by atoms with van der Waals surface area (Å²) < 4.78 is 5.24. The summed E-state index contributed by atoms with van der Waals surface area (Å²) in [6.07, 6.45) is 7.46. The van der Waals surface area contributed by atoms with Crippen molar-refractivity contribution < 1.29 is 14.3 Å². The SMILES string of the molecule is COC(=O)CCCCCCC(=O)N/N=C\c1cccnc1Br. The van der Waals surface area contributed by atoms with Crippen LogP contribution in [0.1, 0.15) is 44.1 Å². The standard InChI is InChI=1S/C15H20BrN3O3/c1-22-14(21)9-5-3-2-4-8-13(20)19-18-11-12-7-6-10-17-15(12)16/h6-7,10-11H,2-5,8-9H2,1H3,(H,19,20)/b18-11-. The van der Waals surface area contributed by atoms with Crippen molar-refractivity contribution in [3.8, 4) is 0 Å². The molecule has 6 nitrogen and oxygen atoms in total. The van der Waals surface area contributed by atoms with E-state index in [1.54, 1.807) is 18.5 Å². The number of rotatable bonds is 9. The van der Waals surface area contributed by atoms with Gasteiger partial charge >= 0.3 is 5.97 Å². The van der Waals surface area contributed by atoms with Gasteiger partial charge in [0, 0.05) is 24.6 Å². The minimum absolute atomic E-state index is 0.121. The molecule has 1 aromatic rings. The number of nitrogens with one attached hydrogen (secondary N) is 1. The van der Waals surface area contributed by atoms with Crippen molar-refractivity contribution in [3.63, 3.8) is 0 Å². The fraction of sp³-hybridized carbons (Fsp3) is 0.467. The van der Waals surface area contributed by atoms with Crippen LogP contribution >= 0.6 is 15.9 Å². The predicted molar refractivity (Wildman–Crippen MR) is 87.4 cm³/mol. The van der Waals surface area contributed by atoms with Gasteiger partial charge in [-0.05, 0) is 40.9 Å². The molecule has 1 rings (SSSR count). The van der Waals surface area contributed by atoms with E-state index in [9.17, 15) is 9.59 Å². The van der Waals surface area contributed by atoms with Crippen LogP contribution in [0.15, 0.2) is 28.0 Å². The maximum Gasteiger partial charge on any atom is 0.305 e. The van der Waals surface area contributed by atoms with E-state index >= 15 is 0 Å². The first-order valence-electron chi connectivity index (χ1n) is 7.12. The minimum Gasteiger partial charge on any atom is -0.469 e. The van der Waals surface area contributed by atoms with Gasteiger partial charge < -0.3 is 4.74 Å². The third-order valence-electron chi connectivity index (χ3n) is 2.94. The Morgan fingerprint density at radius 2 is 2.05 bits per heavy atom. The van der Waals surface area contributed by atoms with Gasteiger partial charge in [-0.15, -0.1) is 0 Å². The maximum atomic E-state index is 11.6. The van der Waals surface area contributed by atoms with Gasteiger partial charge in [-0.25, -0.2) is 10.4 Å². The zero-order valence-corrected chi connectivity index (χ0v) is 14.1. The Morgan fingerprint density at radius 3 is 2.73 bits per heavy atom. The number of amides is 1. The molecule has 0 bridgehead atoms. The lowest BCUT2D eigenvalue weighted by molar-refractivity contribution is -0.140. The number of carbonyl (C=O) groups excluding carboxylic acids is 2. The third kappa shape index (κ3) is 7.87. The molecule has 0 saturated carbocycles. The lowest BCUT2D eigenvalue weighted by Crippen LogP contribution is -2.17. The Kier molecular flexibility index (Phi) is 9.06. The van der Waals surface area contributed by atoms with Crippen molar-refractivity contribution in [1.82, 2.24) is 10.4 Å². The molecular weight excluding hydrogens is 350 g/mol. The second-order valence-corrected chi connectivity index (χ2v) is 5.42. The fourth-order valence-electron chi connectivity index (χ4n) is 1.73. The molecule has 0 aromatic carbocycles. The van der Waals surface area contributed by atoms with E-state index in [4.69, 9.17) is 0 Å². The summed E-state index contributed by atoms with van der Waals surface area (Å²) in [6.45, 7) is 0. The summed E-state index contributed by atoms with van der Waals surface area (Å²) in [5.41, 5.74) is 3.28. The van der Waals surface area contributed by atoms with Crippen LogP contribution in [0.3, 0.4) is 0 Å². The molecule has 0 aliphatic rings. The number of hydrogen-bond acceptors (Lipinski definition) is 5. The topological polar surface area (TPSA) is 80.7 Å². The molecule has 1 aromatic heterocycles. The fourth-order valence-corrected chi connectivity index (χ4v) is 2.09. The number of nitrogens with zero attached hydrogens (tertiary/aromatic N) is 2. The van der Waals surface area contributed by atoms with E-state index in [1.807, 2.05) is 6.07 Å². The first kappa shape index (κ1) is 18.3. The van der Waals surface area contributed by atoms with Crippen LogP contribution in [0, 0.1) is 0 Å². The summed E-state index contributed by atoms with van der Waals surface area (Å²) in [5.74, 6) is -0.308. The largest absolute Gasteiger partial charge is 0.469 e. The second-order valence-electron chi connectivity index (χ2n) is 4.67. The van der Waals surface area contributed by atoms with Crippen molar-refractivity contribution in [2.24, 2.45) is 5.10 Å². The number of pyridine rings is 1. The number of halogens is 1. The molecular formula is C15H20BrN3O3. The van der Waals surface area contributed by atoms with Gasteiger partial charge in [-0.2, -0.15) is 5.10 Å². The first-order chi connectivity index (χ1) is 10.6. The van der Waals surface area contributed by atoms with Crippen molar-refractivity contribution in [1.29, 1.82) is 0 Å². The summed E-state index contributed by atoms with van der Waals surface area (Å²) in [5, 5.41) is 3.90. The van der Waals surface area contributed by atoms with E-state index in [1.165, 1.54) is 7.11 Å². The molecule has 7 heteroatoms. The van der Waals surface area contributed by atoms with Crippen LogP contribution < -0.4 is 5.43 Å². The third-order valence-corrected chi connectivity index (χ3v) is 3.61. The lowest BCUT2D eigenvalue weighted by atomic mass is 10.1. The molecule has 0 unspecified atom stereocenters. The Bertz CT molecular complexity index is 521. The molecule has 0 saturated heterocycles. The number of unbranched alkanes of at least 4 members (excludes halogenated alkanes) is 3. The smallest absolute Gasteiger partial charge is 0.305 e. The van der Waals surface area contributed by atoms with E-state index < -0.39 is 0 Å². The monoisotopic (exact) mass is 369 g/mol. The zero-order valence-electron chi connectivity index (χ0n) is 12.5. The van der Waals surface area contributed by atoms with E-state index in [0.29, 0.717) is 17.4 Å². The van der Waals surface area contributed by atoms with Crippen LogP contribution in [0.25, 0.3) is 0 Å². The molecule has 0 atom stereocenters. The van der Waals surface area contributed by atoms with Gasteiger partial charge in [0.15, 0.2) is 0 Å². The molecule has 120 valence electrons. The molecule has 0 aliphatic heterocycles. The molecule has 0 fully saturated rings. The van der Waals surface area contributed by atoms with Crippen molar-refractivity contribution in [2.45, 2.75) is 38.5 Å². The van der Waals surface area contributed by atoms with Crippen LogP contribution in [-0.2, 0) is 14.3 Å². The molecule has 1 N–H and O–H groups in total. The number of esters is 1. The Hall–Kier alpha value is -1.76. The minimum atomic E-state index is -0.186. The highest BCUT2D eigenvalue weighted by atomic mass is 79.9. The molecule has 22 heavy (non-hydrogen) atoms. The van der Waals surface area contributed by atoms with Crippen molar-refractivity contribution in [2.75, 3.05) is 7.11 Å². The number of carbonyl (C=O) groups is 2. The molecule has 0 spiro atoms. The van der Waals surface area contributed by atoms with Gasteiger partial charge in [-0.3, -0.25) is 9.59 Å². The summed E-state index contributed by atoms with van der Waals surface area (Å²) in [6, 6.07) is 3.64. The average molecular weight is 370 g/mol. The van der Waals surface area contributed by atoms with Gasteiger partial charge in [0.2, 0.25) is 5.91 Å². The average Bonchev–Trinajstić information content (AvgIpc) is 2.52. The summed E-state index contributed by atoms with van der Waals surface area (Å²) in [7, 11) is 1.39. The van der Waals surface area contributed by atoms with Crippen LogP contribution in [0.2, 0.25) is 0 Å². The van der Waals surface area contributed by atoms with E-state index in [0.717, 1.165) is 31.2 Å². The zero-order chi connectivity index (χ0) is 16.2. The highest BCUT2D eigenvalue weighted by Gasteiger charge is 2.02. The van der Waals surface area contributed by atoms with Gasteiger partial charge in [0.25, 0.3) is 0 Å². The number of ether oxygens (including phenoxy) is 1. The van der Waals surface area contributed by atoms with Crippen molar-refractivity contribution in [3.05, 3.63) is 28.5 Å². The lowest BCUT2D eigenvalue weighted by Gasteiger charge is -2.01. The van der Waals surface area contributed by atoms with Gasteiger partial charge in [0.05, 0.1) is 13.3 Å². The number of hydrazone groups is 1. The number of aromatic nitrogens is 1. The molecule has 1 heterocycles. The van der Waals surface area contributed by atoms with Crippen LogP contribution in [0.5, 0.6) is 0 Å². The van der Waals surface area contributed by atoms with E-state index in [-0.39, 0.29) is 11.9 Å². The Morgan fingerprint density at radius 1 is 1.32 bits per heavy atom. The highest BCUT2D eigenvalue weighted by Crippen LogP contribution is 2.09. The number of methoxy groups -OCH3 is 1. The summed E-state index contributed by atoms with van der Waals surface area (Å²) in [4.78, 5) is 26.5. The maximum absolute atomic E-state index is 11.6. The highest BCUT2D eigenvalue weighted by molar-refractivity contribution is 9.10. The first-order valence-corrected chi connectivity index (χ1v) is 7.92. The molecule has 1 amide bonds. The molecule has 0 aliphatic carbocycles. The van der Waals surface area contributed by atoms with E-state index in [2.05, 4.69) is 36.2 Å². The second kappa shape index (κ2) is 10.9. The Balaban J connectivity index is 2.11. The van der Waals surface area contributed by atoms with Gasteiger partial charge in [0.1, 0.15) is 4.60 Å². The normalized spacial score (nSPS) is 10.6. The summed E-state index contributed by atoms with van der Waals surface area (Å²) >= 11 is 3.30. The molecule has 0 radical (unpaired) electrons. The van der Waals surface area contributed by atoms with Crippen LogP contribution in [-0.4, -0.2) is 30.2 Å². The predicted octanol–water partition coefficient (Wildman–Crippen LogP) is 2.81. The van der Waals surface area contributed by atoms with Crippen molar-refractivity contribution >= 4 is 34.0 Å². The quantitative estimate of drug-likeness (QED) is 0.238. The van der Waals surface area contributed by atoms with Gasteiger partial charge in [-0.1, -0.05) is 12.8 Å². The van der Waals surface area contributed by atoms with Crippen LogP contribution in [0.4, 0.5) is 0 Å². The number of hydrogen-bond donors (Lipinski definition) is 1. The Labute approximate surface area is 138 Å².